The van der Waals surface area contributed by atoms with Gasteiger partial charge < -0.3 is 0 Å². The molecule has 0 amide bonds. The molecule has 0 aromatic heterocycles. The van der Waals surface area contributed by atoms with Crippen molar-refractivity contribution in [1.82, 2.24) is 0 Å². The summed E-state index contributed by atoms with van der Waals surface area (Å²) in [6.45, 7) is 0. The molecule has 0 fully saturated rings. The fraction of sp³-hybridized carbons (Fsp3) is 0.130. The largest absolute Gasteiger partial charge is 0.139 e. The predicted molar refractivity (Wildman–Crippen MR) is 115 cm³/mol. The first-order valence-corrected chi connectivity index (χ1v) is 10.5. The van der Waals surface area contributed by atoms with Crippen LogP contribution < -0.4 is 0 Å². The van der Waals surface area contributed by atoms with Crippen molar-refractivity contribution in [2.24, 2.45) is 0 Å². The lowest BCUT2D eigenvalue weighted by atomic mass is 10.2. The summed E-state index contributed by atoms with van der Waals surface area (Å²) in [7, 11) is 0. The van der Waals surface area contributed by atoms with E-state index in [9.17, 15) is 0 Å². The summed E-state index contributed by atoms with van der Waals surface area (Å²) in [5, 5.41) is 0. The summed E-state index contributed by atoms with van der Waals surface area (Å²) in [6.07, 6.45) is 4.57. The molecule has 0 unspecified atom stereocenters. The third-order valence-corrected chi connectivity index (χ3v) is 6.55. The smallest absolute Gasteiger partial charge is 0.0692 e. The number of hydrogen-bond acceptors (Lipinski definition) is 2. The molecule has 0 saturated heterocycles. The van der Waals surface area contributed by atoms with Crippen molar-refractivity contribution >= 4 is 29.6 Å². The highest BCUT2D eigenvalue weighted by atomic mass is 32.2. The van der Waals surface area contributed by atoms with Gasteiger partial charge in [0.2, 0.25) is 0 Å². The van der Waals surface area contributed by atoms with Crippen LogP contribution in [0.1, 0.15) is 16.7 Å². The van der Waals surface area contributed by atoms with E-state index < -0.39 is 0 Å². The van der Waals surface area contributed by atoms with Crippen LogP contribution in [0.15, 0.2) is 97.1 Å². The van der Waals surface area contributed by atoms with E-state index in [1.54, 1.807) is 0 Å². The van der Waals surface area contributed by atoms with Crippen molar-refractivity contribution in [3.05, 3.63) is 114 Å². The van der Waals surface area contributed by atoms with Crippen molar-refractivity contribution in [2.45, 2.75) is 16.1 Å². The van der Waals surface area contributed by atoms with Crippen LogP contribution in [-0.4, -0.2) is 4.58 Å². The first kappa shape index (κ1) is 17.9. The van der Waals surface area contributed by atoms with E-state index in [2.05, 4.69) is 103 Å². The lowest BCUT2D eigenvalue weighted by Crippen LogP contribution is -1.95. The molecule has 126 valence electrons. The third-order valence-electron chi connectivity index (χ3n) is 3.76. The maximum Gasteiger partial charge on any atom is 0.0692 e. The molecular formula is C23H22S2. The molecule has 0 atom stereocenters. The van der Waals surface area contributed by atoms with Gasteiger partial charge in [0.25, 0.3) is 0 Å². The quantitative estimate of drug-likeness (QED) is 0.400. The number of benzene rings is 3. The second-order valence-electron chi connectivity index (χ2n) is 5.73. The predicted octanol–water partition coefficient (Wildman–Crippen LogP) is 6.89. The topological polar surface area (TPSA) is 0 Å². The van der Waals surface area contributed by atoms with Gasteiger partial charge in [-0.15, -0.1) is 23.5 Å². The SMILES string of the molecule is C(=C\C(SCc1ccccc1)SCc1ccccc1)/c1ccccc1. The second kappa shape index (κ2) is 10.2. The molecule has 0 saturated carbocycles. The molecule has 25 heavy (non-hydrogen) atoms. The Morgan fingerprint density at radius 3 is 1.52 bits per heavy atom. The molecule has 2 heteroatoms. The molecule has 0 aliphatic carbocycles. The summed E-state index contributed by atoms with van der Waals surface area (Å²) < 4.78 is 0.431. The Balaban J connectivity index is 1.63. The van der Waals surface area contributed by atoms with Gasteiger partial charge in [0.1, 0.15) is 0 Å². The molecule has 0 bridgehead atoms. The Hall–Kier alpha value is -1.90. The Labute approximate surface area is 159 Å². The monoisotopic (exact) mass is 362 g/mol. The van der Waals surface area contributed by atoms with Gasteiger partial charge in [-0.3, -0.25) is 0 Å². The van der Waals surface area contributed by atoms with Crippen molar-refractivity contribution < 1.29 is 0 Å². The standard InChI is InChI=1S/C23H22S2/c1-4-10-20(11-5-1)16-17-23(24-18-21-12-6-2-7-13-21)25-19-22-14-8-3-9-15-22/h1-17,23H,18-19H2/b17-16+. The fourth-order valence-electron chi connectivity index (χ4n) is 2.42. The van der Waals surface area contributed by atoms with Gasteiger partial charge in [-0.05, 0) is 16.7 Å². The van der Waals surface area contributed by atoms with Gasteiger partial charge in [-0.25, -0.2) is 0 Å². The molecule has 0 spiro atoms. The van der Waals surface area contributed by atoms with Crippen molar-refractivity contribution in [3.8, 4) is 0 Å². The van der Waals surface area contributed by atoms with Crippen LogP contribution in [0, 0.1) is 0 Å². The van der Waals surface area contributed by atoms with E-state index in [-0.39, 0.29) is 0 Å². The molecule has 0 heterocycles. The molecule has 0 aliphatic rings. The minimum absolute atomic E-state index is 0.431. The summed E-state index contributed by atoms with van der Waals surface area (Å²) in [4.78, 5) is 0. The summed E-state index contributed by atoms with van der Waals surface area (Å²) in [6, 6.07) is 31.9. The average Bonchev–Trinajstić information content (AvgIpc) is 2.70. The first-order valence-electron chi connectivity index (χ1n) is 8.44. The van der Waals surface area contributed by atoms with Crippen LogP contribution in [0.2, 0.25) is 0 Å². The molecule has 3 aromatic rings. The number of thioether (sulfide) groups is 2. The van der Waals surface area contributed by atoms with Crippen LogP contribution in [0.4, 0.5) is 0 Å². The van der Waals surface area contributed by atoms with E-state index in [1.165, 1.54) is 16.7 Å². The molecular weight excluding hydrogens is 340 g/mol. The highest BCUT2D eigenvalue weighted by Crippen LogP contribution is 2.31. The fourth-order valence-corrected chi connectivity index (χ4v) is 4.69. The molecule has 0 aliphatic heterocycles. The Morgan fingerprint density at radius 2 is 1.04 bits per heavy atom. The van der Waals surface area contributed by atoms with Crippen LogP contribution in [0.3, 0.4) is 0 Å². The highest BCUT2D eigenvalue weighted by Gasteiger charge is 2.07. The zero-order valence-electron chi connectivity index (χ0n) is 14.1. The molecule has 3 aromatic carbocycles. The van der Waals surface area contributed by atoms with Crippen LogP contribution >= 0.6 is 23.5 Å². The van der Waals surface area contributed by atoms with Gasteiger partial charge in [0.15, 0.2) is 0 Å². The van der Waals surface area contributed by atoms with E-state index in [0.717, 1.165) is 11.5 Å². The number of hydrogen-bond donors (Lipinski definition) is 0. The lowest BCUT2D eigenvalue weighted by molar-refractivity contribution is 1.39. The van der Waals surface area contributed by atoms with Gasteiger partial charge in [-0.1, -0.05) is 103 Å². The lowest BCUT2D eigenvalue weighted by Gasteiger charge is -2.13. The Kier molecular flexibility index (Phi) is 7.29. The summed E-state index contributed by atoms with van der Waals surface area (Å²) in [5.41, 5.74) is 4.02. The van der Waals surface area contributed by atoms with Gasteiger partial charge in [0, 0.05) is 11.5 Å². The first-order chi connectivity index (χ1) is 12.4. The Bertz CT molecular complexity index is 708. The molecule has 0 radical (unpaired) electrons. The second-order valence-corrected chi connectivity index (χ2v) is 8.29. The van der Waals surface area contributed by atoms with Crippen molar-refractivity contribution in [3.63, 3.8) is 0 Å². The zero-order valence-corrected chi connectivity index (χ0v) is 15.8. The van der Waals surface area contributed by atoms with Gasteiger partial charge in [-0.2, -0.15) is 0 Å². The van der Waals surface area contributed by atoms with E-state index in [4.69, 9.17) is 0 Å². The minimum atomic E-state index is 0.431. The van der Waals surface area contributed by atoms with Crippen LogP contribution in [-0.2, 0) is 11.5 Å². The van der Waals surface area contributed by atoms with Gasteiger partial charge in [0.05, 0.1) is 4.58 Å². The van der Waals surface area contributed by atoms with E-state index in [0.29, 0.717) is 4.58 Å². The number of rotatable bonds is 8. The normalized spacial score (nSPS) is 11.2. The summed E-state index contributed by atoms with van der Waals surface area (Å²) in [5.74, 6) is 2.07. The van der Waals surface area contributed by atoms with Crippen LogP contribution in [0.5, 0.6) is 0 Å². The zero-order chi connectivity index (χ0) is 17.2. The molecule has 0 nitrogen and oxygen atoms in total. The Morgan fingerprint density at radius 1 is 0.600 bits per heavy atom. The van der Waals surface area contributed by atoms with Crippen LogP contribution in [0.25, 0.3) is 6.08 Å². The van der Waals surface area contributed by atoms with Crippen molar-refractivity contribution in [2.75, 3.05) is 0 Å². The van der Waals surface area contributed by atoms with E-state index in [1.807, 2.05) is 23.5 Å². The van der Waals surface area contributed by atoms with E-state index >= 15 is 0 Å². The van der Waals surface area contributed by atoms with Gasteiger partial charge >= 0.3 is 0 Å². The maximum absolute atomic E-state index is 2.33. The summed E-state index contributed by atoms with van der Waals surface area (Å²) >= 11 is 3.98. The van der Waals surface area contributed by atoms with Crippen molar-refractivity contribution in [1.29, 1.82) is 0 Å². The minimum Gasteiger partial charge on any atom is -0.139 e. The average molecular weight is 363 g/mol. The molecule has 0 N–H and O–H groups in total. The third kappa shape index (κ3) is 6.49. The molecule has 3 rings (SSSR count). The highest BCUT2D eigenvalue weighted by molar-refractivity contribution is 8.16. The maximum atomic E-state index is 2.33.